The molecule has 1 unspecified atom stereocenters. The Labute approximate surface area is 207 Å². The Bertz CT molecular complexity index is 1470. The molecular weight excluding hydrogens is 460 g/mol. The number of ketones is 1. The molecule has 0 radical (unpaired) electrons. The van der Waals surface area contributed by atoms with E-state index < -0.39 is 17.7 Å². The number of hydrogen-bond acceptors (Lipinski definition) is 6. The number of rotatable bonds is 5. The maximum Gasteiger partial charge on any atom is 0.301 e. The van der Waals surface area contributed by atoms with Gasteiger partial charge in [-0.05, 0) is 66.4 Å². The molecule has 6 nitrogen and oxygen atoms in total. The number of aliphatic hydroxyl groups is 1. The van der Waals surface area contributed by atoms with Gasteiger partial charge in [0.05, 0.1) is 28.9 Å². The number of thiazole rings is 1. The van der Waals surface area contributed by atoms with Crippen molar-refractivity contribution in [3.05, 3.63) is 94.6 Å². The van der Waals surface area contributed by atoms with E-state index in [9.17, 15) is 14.7 Å². The van der Waals surface area contributed by atoms with Crippen molar-refractivity contribution in [2.75, 3.05) is 12.0 Å². The van der Waals surface area contributed by atoms with Crippen LogP contribution in [0.5, 0.6) is 5.75 Å². The number of benzene rings is 3. The van der Waals surface area contributed by atoms with Crippen molar-refractivity contribution in [1.29, 1.82) is 0 Å². The molecule has 176 valence electrons. The second kappa shape index (κ2) is 9.00. The second-order valence-corrected chi connectivity index (χ2v) is 9.47. The van der Waals surface area contributed by atoms with Gasteiger partial charge in [0.15, 0.2) is 5.13 Å². The number of ether oxygens (including phenoxy) is 1. The first-order valence-corrected chi connectivity index (χ1v) is 12.1. The molecule has 3 aromatic carbocycles. The normalized spacial score (nSPS) is 17.3. The van der Waals surface area contributed by atoms with Gasteiger partial charge in [0.1, 0.15) is 11.5 Å². The van der Waals surface area contributed by atoms with Crippen LogP contribution in [0.4, 0.5) is 5.13 Å². The largest absolute Gasteiger partial charge is 0.507 e. The molecule has 0 aliphatic carbocycles. The third kappa shape index (κ3) is 3.98. The number of carbonyl (C=O) groups is 2. The summed E-state index contributed by atoms with van der Waals surface area (Å²) in [4.78, 5) is 32.8. The molecule has 2 heterocycles. The molecule has 1 fully saturated rings. The third-order valence-electron chi connectivity index (χ3n) is 6.25. The molecule has 1 atom stereocenters. The van der Waals surface area contributed by atoms with Crippen LogP contribution in [0.3, 0.4) is 0 Å². The van der Waals surface area contributed by atoms with E-state index in [1.807, 2.05) is 49.4 Å². The second-order valence-electron chi connectivity index (χ2n) is 8.46. The number of carbonyl (C=O) groups excluding carboxylic acids is 2. The van der Waals surface area contributed by atoms with Crippen LogP contribution in [0.15, 0.2) is 72.3 Å². The molecule has 1 N–H and O–H groups in total. The molecule has 0 saturated carbocycles. The topological polar surface area (TPSA) is 79.7 Å². The summed E-state index contributed by atoms with van der Waals surface area (Å²) < 4.78 is 6.13. The predicted molar refractivity (Wildman–Crippen MR) is 138 cm³/mol. The molecule has 1 amide bonds. The Morgan fingerprint density at radius 2 is 1.77 bits per heavy atom. The minimum atomic E-state index is -0.801. The van der Waals surface area contributed by atoms with E-state index in [0.717, 1.165) is 33.3 Å². The molecule has 1 aliphatic rings. The van der Waals surface area contributed by atoms with Gasteiger partial charge in [-0.15, -0.1) is 0 Å². The molecule has 1 saturated heterocycles. The van der Waals surface area contributed by atoms with E-state index in [4.69, 9.17) is 4.74 Å². The quantitative estimate of drug-likeness (QED) is 0.220. The van der Waals surface area contributed by atoms with Gasteiger partial charge in [0.25, 0.3) is 5.78 Å². The van der Waals surface area contributed by atoms with Gasteiger partial charge in [0.2, 0.25) is 0 Å². The van der Waals surface area contributed by atoms with E-state index >= 15 is 0 Å². The van der Waals surface area contributed by atoms with Gasteiger partial charge in [-0.25, -0.2) is 4.98 Å². The van der Waals surface area contributed by atoms with Crippen molar-refractivity contribution in [1.82, 2.24) is 4.98 Å². The summed E-state index contributed by atoms with van der Waals surface area (Å²) in [6.07, 6.45) is 0.865. The van der Waals surface area contributed by atoms with Crippen LogP contribution in [0.1, 0.15) is 35.2 Å². The van der Waals surface area contributed by atoms with Crippen LogP contribution < -0.4 is 9.64 Å². The molecule has 1 aromatic heterocycles. The highest BCUT2D eigenvalue weighted by atomic mass is 32.1. The standard InChI is InChI=1S/C28H24N2O4S/c1-4-17-6-8-18(9-7-17)24-23(25(31)19-10-12-20(34-3)13-11-19)26(32)27(33)30(24)28-29-21-14-5-16(2)15-22(21)35-28/h5-15,24,31H,4H2,1-3H3. The summed E-state index contributed by atoms with van der Waals surface area (Å²) in [7, 11) is 1.56. The average molecular weight is 485 g/mol. The van der Waals surface area contributed by atoms with E-state index in [0.29, 0.717) is 16.4 Å². The Morgan fingerprint density at radius 3 is 2.43 bits per heavy atom. The highest BCUT2D eigenvalue weighted by molar-refractivity contribution is 7.22. The Kier molecular flexibility index (Phi) is 5.86. The van der Waals surface area contributed by atoms with Gasteiger partial charge in [0, 0.05) is 5.56 Å². The van der Waals surface area contributed by atoms with Gasteiger partial charge in [-0.2, -0.15) is 0 Å². The third-order valence-corrected chi connectivity index (χ3v) is 7.27. The van der Waals surface area contributed by atoms with E-state index in [1.165, 1.54) is 16.2 Å². The van der Waals surface area contributed by atoms with Crippen LogP contribution in [0.25, 0.3) is 16.0 Å². The summed E-state index contributed by atoms with van der Waals surface area (Å²) in [5.74, 6) is -1.05. The number of fused-ring (bicyclic) bond motifs is 1. The predicted octanol–water partition coefficient (Wildman–Crippen LogP) is 5.80. The highest BCUT2D eigenvalue weighted by Crippen LogP contribution is 2.44. The molecule has 7 heteroatoms. The summed E-state index contributed by atoms with van der Waals surface area (Å²) in [5, 5.41) is 11.7. The summed E-state index contributed by atoms with van der Waals surface area (Å²) in [6.45, 7) is 4.06. The first kappa shape index (κ1) is 22.8. The number of hydrogen-bond donors (Lipinski definition) is 1. The minimum Gasteiger partial charge on any atom is -0.507 e. The Morgan fingerprint density at radius 1 is 1.06 bits per heavy atom. The molecule has 0 bridgehead atoms. The zero-order valence-electron chi connectivity index (χ0n) is 19.6. The zero-order chi connectivity index (χ0) is 24.7. The monoisotopic (exact) mass is 484 g/mol. The number of amides is 1. The van der Waals surface area contributed by atoms with Crippen LogP contribution >= 0.6 is 11.3 Å². The fourth-order valence-electron chi connectivity index (χ4n) is 4.31. The van der Waals surface area contributed by atoms with Crippen LogP contribution in [0, 0.1) is 6.92 Å². The van der Waals surface area contributed by atoms with E-state index in [2.05, 4.69) is 11.9 Å². The minimum absolute atomic E-state index is 0.0415. The number of anilines is 1. The van der Waals surface area contributed by atoms with Gasteiger partial charge >= 0.3 is 5.91 Å². The van der Waals surface area contributed by atoms with Crippen molar-refractivity contribution in [2.24, 2.45) is 0 Å². The van der Waals surface area contributed by atoms with Crippen molar-refractivity contribution >= 4 is 44.1 Å². The van der Waals surface area contributed by atoms with Crippen molar-refractivity contribution in [3.8, 4) is 5.75 Å². The number of aliphatic hydroxyl groups excluding tert-OH is 1. The van der Waals surface area contributed by atoms with Crippen LogP contribution in [-0.4, -0.2) is 28.9 Å². The van der Waals surface area contributed by atoms with Gasteiger partial charge in [-0.3, -0.25) is 14.5 Å². The Hall–Kier alpha value is -3.97. The summed E-state index contributed by atoms with van der Waals surface area (Å²) in [5.41, 5.74) is 4.18. The van der Waals surface area contributed by atoms with Crippen molar-refractivity contribution in [2.45, 2.75) is 26.3 Å². The Balaban J connectivity index is 1.70. The lowest BCUT2D eigenvalue weighted by Crippen LogP contribution is -2.29. The van der Waals surface area contributed by atoms with E-state index in [1.54, 1.807) is 31.4 Å². The maximum atomic E-state index is 13.4. The molecule has 4 aromatic rings. The number of methoxy groups -OCH3 is 1. The lowest BCUT2D eigenvalue weighted by molar-refractivity contribution is -0.132. The zero-order valence-corrected chi connectivity index (χ0v) is 20.4. The molecule has 35 heavy (non-hydrogen) atoms. The fourth-order valence-corrected chi connectivity index (χ4v) is 5.40. The maximum absolute atomic E-state index is 13.4. The van der Waals surface area contributed by atoms with Gasteiger partial charge < -0.3 is 9.84 Å². The molecular formula is C28H24N2O4S. The average Bonchev–Trinajstić information content (AvgIpc) is 3.41. The van der Waals surface area contributed by atoms with Crippen molar-refractivity contribution in [3.63, 3.8) is 0 Å². The van der Waals surface area contributed by atoms with Gasteiger partial charge in [-0.1, -0.05) is 48.6 Å². The summed E-state index contributed by atoms with van der Waals surface area (Å²) in [6, 6.07) is 19.6. The first-order chi connectivity index (χ1) is 16.9. The molecule has 1 aliphatic heterocycles. The van der Waals surface area contributed by atoms with Crippen LogP contribution in [0.2, 0.25) is 0 Å². The highest BCUT2D eigenvalue weighted by Gasteiger charge is 2.48. The number of nitrogens with zero attached hydrogens (tertiary/aromatic N) is 2. The number of Topliss-reactive ketones (excluding diaryl/α,β-unsaturated/α-hetero) is 1. The lowest BCUT2D eigenvalue weighted by atomic mass is 9.94. The summed E-state index contributed by atoms with van der Waals surface area (Å²) >= 11 is 1.36. The number of aromatic nitrogens is 1. The molecule has 0 spiro atoms. The van der Waals surface area contributed by atoms with Crippen molar-refractivity contribution < 1.29 is 19.4 Å². The van der Waals surface area contributed by atoms with Crippen LogP contribution in [-0.2, 0) is 16.0 Å². The fraction of sp³-hybridized carbons (Fsp3) is 0.179. The smallest absolute Gasteiger partial charge is 0.301 e. The first-order valence-electron chi connectivity index (χ1n) is 11.3. The SMILES string of the molecule is CCc1ccc(C2C(=C(O)c3ccc(OC)cc3)C(=O)C(=O)N2c2nc3ccc(C)cc3s2)cc1. The number of aryl methyl sites for hydroxylation is 2. The molecule has 5 rings (SSSR count). The lowest BCUT2D eigenvalue weighted by Gasteiger charge is -2.23. The van der Waals surface area contributed by atoms with E-state index in [-0.39, 0.29) is 11.3 Å².